The average molecular weight is 345 g/mol. The highest BCUT2D eigenvalue weighted by atomic mass is 35.5. The van der Waals surface area contributed by atoms with Crippen molar-refractivity contribution >= 4 is 34.8 Å². The molecule has 0 aliphatic heterocycles. The zero-order valence-electron chi connectivity index (χ0n) is 11.8. The first-order chi connectivity index (χ1) is 10.1. The average Bonchev–Trinajstić information content (AvgIpc) is 2.49. The van der Waals surface area contributed by atoms with Crippen LogP contribution >= 0.6 is 34.8 Å². The van der Waals surface area contributed by atoms with Crippen LogP contribution in [-0.2, 0) is 6.42 Å². The molecule has 112 valence electrons. The highest BCUT2D eigenvalue weighted by Crippen LogP contribution is 2.33. The number of ether oxygens (including phenoxy) is 1. The topological polar surface area (TPSA) is 21.3 Å². The minimum Gasteiger partial charge on any atom is -0.496 e. The fraction of sp³-hybridized carbons (Fsp3) is 0.250. The lowest BCUT2D eigenvalue weighted by atomic mass is 9.98. The van der Waals surface area contributed by atoms with Crippen LogP contribution in [0.1, 0.15) is 17.2 Å². The molecule has 2 aromatic carbocycles. The summed E-state index contributed by atoms with van der Waals surface area (Å²) in [5.74, 6) is 0.750. The number of nitrogens with one attached hydrogen (secondary N) is 1. The Bertz CT molecular complexity index is 631. The second-order valence-corrected chi connectivity index (χ2v) is 5.87. The maximum Gasteiger partial charge on any atom is 0.125 e. The number of rotatable bonds is 5. The van der Waals surface area contributed by atoms with Crippen molar-refractivity contribution in [3.63, 3.8) is 0 Å². The van der Waals surface area contributed by atoms with Crippen molar-refractivity contribution in [1.29, 1.82) is 0 Å². The number of likely N-dealkylation sites (N-methyl/N-ethyl adjacent to an activating group) is 1. The van der Waals surface area contributed by atoms with Crippen LogP contribution in [0.4, 0.5) is 0 Å². The lowest BCUT2D eigenvalue weighted by molar-refractivity contribution is 0.401. The Kier molecular flexibility index (Phi) is 5.77. The first-order valence-electron chi connectivity index (χ1n) is 6.50. The number of halogens is 3. The third-order valence-corrected chi connectivity index (χ3v) is 4.47. The normalized spacial score (nSPS) is 12.2. The van der Waals surface area contributed by atoms with Crippen molar-refractivity contribution in [2.75, 3.05) is 14.2 Å². The quantitative estimate of drug-likeness (QED) is 0.809. The smallest absolute Gasteiger partial charge is 0.125 e. The Morgan fingerprint density at radius 1 is 1.14 bits per heavy atom. The van der Waals surface area contributed by atoms with Gasteiger partial charge in [-0.2, -0.15) is 0 Å². The summed E-state index contributed by atoms with van der Waals surface area (Å²) in [6.07, 6.45) is 0.702. The third-order valence-electron chi connectivity index (χ3n) is 3.38. The summed E-state index contributed by atoms with van der Waals surface area (Å²) < 4.78 is 5.42. The summed E-state index contributed by atoms with van der Waals surface area (Å²) >= 11 is 18.4. The standard InChI is InChI=1S/C16H16Cl3NO/c1-20-14(8-10-4-3-5-13(18)16(10)19)12-7-6-11(17)9-15(12)21-2/h3-7,9,14,20H,8H2,1-2H3. The summed E-state index contributed by atoms with van der Waals surface area (Å²) in [5.41, 5.74) is 2.01. The van der Waals surface area contributed by atoms with Crippen LogP contribution < -0.4 is 10.1 Å². The zero-order valence-corrected chi connectivity index (χ0v) is 14.1. The van der Waals surface area contributed by atoms with E-state index in [1.807, 2.05) is 31.3 Å². The Balaban J connectivity index is 2.34. The van der Waals surface area contributed by atoms with E-state index in [0.717, 1.165) is 16.9 Å². The van der Waals surface area contributed by atoms with Gasteiger partial charge in [0.25, 0.3) is 0 Å². The van der Waals surface area contributed by atoms with Crippen molar-refractivity contribution in [2.45, 2.75) is 12.5 Å². The van der Waals surface area contributed by atoms with Crippen LogP contribution in [0.2, 0.25) is 15.1 Å². The van der Waals surface area contributed by atoms with Gasteiger partial charge in [-0.05, 0) is 37.2 Å². The van der Waals surface area contributed by atoms with E-state index in [2.05, 4.69) is 5.32 Å². The second kappa shape index (κ2) is 7.37. The van der Waals surface area contributed by atoms with Crippen molar-refractivity contribution in [3.8, 4) is 5.75 Å². The second-order valence-electron chi connectivity index (χ2n) is 4.64. The molecule has 21 heavy (non-hydrogen) atoms. The van der Waals surface area contributed by atoms with E-state index in [4.69, 9.17) is 39.5 Å². The van der Waals surface area contributed by atoms with Crippen molar-refractivity contribution in [2.24, 2.45) is 0 Å². The molecule has 2 rings (SSSR count). The molecule has 0 aliphatic rings. The molecule has 0 saturated heterocycles. The first kappa shape index (κ1) is 16.4. The molecule has 0 amide bonds. The van der Waals surface area contributed by atoms with Gasteiger partial charge < -0.3 is 10.1 Å². The molecule has 1 atom stereocenters. The van der Waals surface area contributed by atoms with Gasteiger partial charge in [-0.25, -0.2) is 0 Å². The van der Waals surface area contributed by atoms with Crippen LogP contribution in [0, 0.1) is 0 Å². The summed E-state index contributed by atoms with van der Waals surface area (Å²) in [7, 11) is 3.53. The molecule has 0 spiro atoms. The molecule has 0 radical (unpaired) electrons. The lowest BCUT2D eigenvalue weighted by Crippen LogP contribution is -2.19. The fourth-order valence-electron chi connectivity index (χ4n) is 2.27. The van der Waals surface area contributed by atoms with E-state index in [9.17, 15) is 0 Å². The fourth-order valence-corrected chi connectivity index (χ4v) is 2.83. The predicted molar refractivity (Wildman–Crippen MR) is 90.0 cm³/mol. The molecular weight excluding hydrogens is 329 g/mol. The number of methoxy groups -OCH3 is 1. The van der Waals surface area contributed by atoms with Gasteiger partial charge >= 0.3 is 0 Å². The highest BCUT2D eigenvalue weighted by molar-refractivity contribution is 6.42. The van der Waals surface area contributed by atoms with Crippen LogP contribution in [-0.4, -0.2) is 14.2 Å². The molecule has 1 N–H and O–H groups in total. The van der Waals surface area contributed by atoms with Crippen LogP contribution in [0.25, 0.3) is 0 Å². The summed E-state index contributed by atoms with van der Waals surface area (Å²) in [6, 6.07) is 11.3. The summed E-state index contributed by atoms with van der Waals surface area (Å²) in [4.78, 5) is 0. The van der Waals surface area contributed by atoms with Gasteiger partial charge in [0.05, 0.1) is 17.2 Å². The molecule has 0 bridgehead atoms. The molecular formula is C16H16Cl3NO. The van der Waals surface area contributed by atoms with Gasteiger partial charge in [0.15, 0.2) is 0 Å². The minimum atomic E-state index is 0.0492. The van der Waals surface area contributed by atoms with Crippen LogP contribution in [0.5, 0.6) is 5.75 Å². The predicted octanol–water partition coefficient (Wildman–Crippen LogP) is 5.16. The molecule has 0 saturated carbocycles. The van der Waals surface area contributed by atoms with E-state index < -0.39 is 0 Å². The third kappa shape index (κ3) is 3.83. The van der Waals surface area contributed by atoms with E-state index >= 15 is 0 Å². The number of hydrogen-bond donors (Lipinski definition) is 1. The monoisotopic (exact) mass is 343 g/mol. The molecule has 5 heteroatoms. The Morgan fingerprint density at radius 2 is 1.90 bits per heavy atom. The lowest BCUT2D eigenvalue weighted by Gasteiger charge is -2.20. The largest absolute Gasteiger partial charge is 0.496 e. The molecule has 0 fully saturated rings. The Hall–Kier alpha value is -0.930. The van der Waals surface area contributed by atoms with Gasteiger partial charge in [0, 0.05) is 16.6 Å². The summed E-state index contributed by atoms with van der Waals surface area (Å²) in [5, 5.41) is 5.08. The van der Waals surface area contributed by atoms with E-state index in [1.165, 1.54) is 0 Å². The van der Waals surface area contributed by atoms with Gasteiger partial charge in [-0.3, -0.25) is 0 Å². The van der Waals surface area contributed by atoms with E-state index in [0.29, 0.717) is 21.5 Å². The molecule has 0 aromatic heterocycles. The van der Waals surface area contributed by atoms with Crippen molar-refractivity contribution in [3.05, 3.63) is 62.6 Å². The van der Waals surface area contributed by atoms with Gasteiger partial charge in [0.1, 0.15) is 5.75 Å². The molecule has 1 unspecified atom stereocenters. The molecule has 2 nitrogen and oxygen atoms in total. The van der Waals surface area contributed by atoms with Crippen LogP contribution in [0.15, 0.2) is 36.4 Å². The molecule has 2 aromatic rings. The Labute approximate surface area is 140 Å². The number of hydrogen-bond acceptors (Lipinski definition) is 2. The zero-order chi connectivity index (χ0) is 15.4. The SMILES string of the molecule is CNC(Cc1cccc(Cl)c1Cl)c1ccc(Cl)cc1OC. The van der Waals surface area contributed by atoms with E-state index in [-0.39, 0.29) is 6.04 Å². The molecule has 0 heterocycles. The summed E-state index contributed by atoms with van der Waals surface area (Å²) in [6.45, 7) is 0. The van der Waals surface area contributed by atoms with Gasteiger partial charge in [-0.15, -0.1) is 0 Å². The van der Waals surface area contributed by atoms with Crippen molar-refractivity contribution in [1.82, 2.24) is 5.32 Å². The minimum absolute atomic E-state index is 0.0492. The van der Waals surface area contributed by atoms with Crippen molar-refractivity contribution < 1.29 is 4.74 Å². The number of benzene rings is 2. The van der Waals surface area contributed by atoms with Crippen LogP contribution in [0.3, 0.4) is 0 Å². The maximum absolute atomic E-state index is 6.27. The van der Waals surface area contributed by atoms with E-state index in [1.54, 1.807) is 19.2 Å². The van der Waals surface area contributed by atoms with Gasteiger partial charge in [-0.1, -0.05) is 53.0 Å². The van der Waals surface area contributed by atoms with Gasteiger partial charge in [0.2, 0.25) is 0 Å². The first-order valence-corrected chi connectivity index (χ1v) is 7.63. The maximum atomic E-state index is 6.27. The Morgan fingerprint density at radius 3 is 2.57 bits per heavy atom. The molecule has 0 aliphatic carbocycles. The highest BCUT2D eigenvalue weighted by Gasteiger charge is 2.17.